The van der Waals surface area contributed by atoms with Gasteiger partial charge in [0.1, 0.15) is 11.0 Å². The van der Waals surface area contributed by atoms with Crippen LogP contribution in [0.1, 0.15) is 32.3 Å². The first kappa shape index (κ1) is 15.7. The van der Waals surface area contributed by atoms with Crippen LogP contribution in [0.15, 0.2) is 6.07 Å². The molecule has 112 valence electrons. The SMILES string of the molecule is CN1CCN(C)C(Cc2nc(Cl)cc(C(C)(C)C)n2)C1. The van der Waals surface area contributed by atoms with Crippen molar-refractivity contribution in [2.45, 2.75) is 38.6 Å². The molecular formula is C15H25ClN4. The highest BCUT2D eigenvalue weighted by molar-refractivity contribution is 6.29. The van der Waals surface area contributed by atoms with Crippen molar-refractivity contribution in [3.05, 3.63) is 22.7 Å². The Morgan fingerprint density at radius 1 is 1.25 bits per heavy atom. The molecule has 4 nitrogen and oxygen atoms in total. The zero-order valence-electron chi connectivity index (χ0n) is 13.1. The second-order valence-corrected chi connectivity index (χ2v) is 7.23. The van der Waals surface area contributed by atoms with Gasteiger partial charge in [-0.25, -0.2) is 9.97 Å². The molecule has 0 aromatic carbocycles. The first-order valence-electron chi connectivity index (χ1n) is 7.18. The van der Waals surface area contributed by atoms with Crippen molar-refractivity contribution >= 4 is 11.6 Å². The summed E-state index contributed by atoms with van der Waals surface area (Å²) in [6.07, 6.45) is 0.852. The summed E-state index contributed by atoms with van der Waals surface area (Å²) in [6.45, 7) is 9.71. The van der Waals surface area contributed by atoms with Gasteiger partial charge in [0, 0.05) is 37.5 Å². The van der Waals surface area contributed by atoms with E-state index < -0.39 is 0 Å². The molecule has 0 saturated carbocycles. The number of rotatable bonds is 2. The molecule has 1 aromatic rings. The predicted molar refractivity (Wildman–Crippen MR) is 83.4 cm³/mol. The highest BCUT2D eigenvalue weighted by Gasteiger charge is 2.24. The van der Waals surface area contributed by atoms with Crippen LogP contribution in [-0.4, -0.2) is 59.5 Å². The lowest BCUT2D eigenvalue weighted by Gasteiger charge is -2.37. The molecule has 0 radical (unpaired) electrons. The molecule has 0 amide bonds. The smallest absolute Gasteiger partial charge is 0.133 e. The summed E-state index contributed by atoms with van der Waals surface area (Å²) in [6, 6.07) is 2.34. The van der Waals surface area contributed by atoms with E-state index in [0.717, 1.165) is 37.6 Å². The van der Waals surface area contributed by atoms with E-state index in [1.165, 1.54) is 0 Å². The van der Waals surface area contributed by atoms with Gasteiger partial charge in [-0.1, -0.05) is 32.4 Å². The lowest BCUT2D eigenvalue weighted by atomic mass is 9.92. The fourth-order valence-electron chi connectivity index (χ4n) is 2.47. The fraction of sp³-hybridized carbons (Fsp3) is 0.733. The number of nitrogens with zero attached hydrogens (tertiary/aromatic N) is 4. The first-order valence-corrected chi connectivity index (χ1v) is 7.56. The van der Waals surface area contributed by atoms with Gasteiger partial charge in [0.05, 0.1) is 5.69 Å². The molecule has 1 fully saturated rings. The molecule has 1 atom stereocenters. The lowest BCUT2D eigenvalue weighted by Crippen LogP contribution is -2.51. The Hall–Kier alpha value is -0.710. The van der Waals surface area contributed by atoms with Crippen molar-refractivity contribution in [2.24, 2.45) is 0 Å². The molecule has 0 spiro atoms. The molecule has 0 bridgehead atoms. The van der Waals surface area contributed by atoms with Crippen molar-refractivity contribution in [3.63, 3.8) is 0 Å². The highest BCUT2D eigenvalue weighted by atomic mass is 35.5. The van der Waals surface area contributed by atoms with Crippen molar-refractivity contribution in [1.82, 2.24) is 19.8 Å². The van der Waals surface area contributed by atoms with E-state index in [1.54, 1.807) is 0 Å². The first-order chi connectivity index (χ1) is 9.25. The van der Waals surface area contributed by atoms with Crippen molar-refractivity contribution in [3.8, 4) is 0 Å². The van der Waals surface area contributed by atoms with Gasteiger partial charge in [0.25, 0.3) is 0 Å². The maximum Gasteiger partial charge on any atom is 0.133 e. The Kier molecular flexibility index (Phi) is 4.67. The van der Waals surface area contributed by atoms with E-state index in [1.807, 2.05) is 6.07 Å². The minimum Gasteiger partial charge on any atom is -0.304 e. The van der Waals surface area contributed by atoms with E-state index in [-0.39, 0.29) is 5.41 Å². The van der Waals surface area contributed by atoms with Gasteiger partial charge in [-0.05, 0) is 20.2 Å². The summed E-state index contributed by atoms with van der Waals surface area (Å²) in [4.78, 5) is 13.9. The quantitative estimate of drug-likeness (QED) is 0.784. The van der Waals surface area contributed by atoms with Crippen molar-refractivity contribution in [1.29, 1.82) is 0 Å². The highest BCUT2D eigenvalue weighted by Crippen LogP contribution is 2.23. The van der Waals surface area contributed by atoms with Crippen LogP contribution in [0, 0.1) is 0 Å². The van der Waals surface area contributed by atoms with Crippen LogP contribution in [0.2, 0.25) is 5.15 Å². The van der Waals surface area contributed by atoms with Gasteiger partial charge in [-0.15, -0.1) is 0 Å². The third kappa shape index (κ3) is 3.90. The maximum absolute atomic E-state index is 6.16. The van der Waals surface area contributed by atoms with Crippen LogP contribution in [0.3, 0.4) is 0 Å². The Labute approximate surface area is 127 Å². The van der Waals surface area contributed by atoms with E-state index in [9.17, 15) is 0 Å². The normalized spacial score (nSPS) is 22.2. The zero-order valence-corrected chi connectivity index (χ0v) is 13.9. The number of piperazine rings is 1. The van der Waals surface area contributed by atoms with Crippen LogP contribution in [0.25, 0.3) is 0 Å². The molecule has 20 heavy (non-hydrogen) atoms. The third-order valence-electron chi connectivity index (χ3n) is 3.91. The van der Waals surface area contributed by atoms with Gasteiger partial charge in [0.15, 0.2) is 0 Å². The second-order valence-electron chi connectivity index (χ2n) is 6.84. The molecule has 1 saturated heterocycles. The minimum atomic E-state index is -0.00338. The number of likely N-dealkylation sites (N-methyl/N-ethyl adjacent to an activating group) is 2. The molecule has 1 aliphatic rings. The topological polar surface area (TPSA) is 32.3 Å². The van der Waals surface area contributed by atoms with Crippen LogP contribution in [0.5, 0.6) is 0 Å². The Morgan fingerprint density at radius 3 is 2.60 bits per heavy atom. The second kappa shape index (κ2) is 5.96. The Morgan fingerprint density at radius 2 is 1.95 bits per heavy atom. The van der Waals surface area contributed by atoms with Crippen LogP contribution in [0.4, 0.5) is 0 Å². The van der Waals surface area contributed by atoms with Crippen LogP contribution < -0.4 is 0 Å². The van der Waals surface area contributed by atoms with E-state index in [0.29, 0.717) is 11.2 Å². The number of aromatic nitrogens is 2. The molecule has 0 N–H and O–H groups in total. The largest absolute Gasteiger partial charge is 0.304 e. The lowest BCUT2D eigenvalue weighted by molar-refractivity contribution is 0.113. The van der Waals surface area contributed by atoms with Gasteiger partial charge >= 0.3 is 0 Å². The summed E-state index contributed by atoms with van der Waals surface area (Å²) >= 11 is 6.16. The van der Waals surface area contributed by atoms with E-state index >= 15 is 0 Å². The van der Waals surface area contributed by atoms with Gasteiger partial charge in [-0.2, -0.15) is 0 Å². The number of hydrogen-bond acceptors (Lipinski definition) is 4. The molecule has 1 aliphatic heterocycles. The van der Waals surface area contributed by atoms with Crippen molar-refractivity contribution in [2.75, 3.05) is 33.7 Å². The summed E-state index contributed by atoms with van der Waals surface area (Å²) in [5.41, 5.74) is 1.01. The average Bonchev–Trinajstić information content (AvgIpc) is 2.32. The molecular weight excluding hydrogens is 272 g/mol. The number of hydrogen-bond donors (Lipinski definition) is 0. The monoisotopic (exact) mass is 296 g/mol. The Balaban J connectivity index is 2.18. The summed E-state index contributed by atoms with van der Waals surface area (Å²) in [5.74, 6) is 0.856. The molecule has 1 unspecified atom stereocenters. The van der Waals surface area contributed by atoms with Gasteiger partial charge in [-0.3, -0.25) is 0 Å². The zero-order chi connectivity index (χ0) is 14.9. The molecule has 0 aliphatic carbocycles. The molecule has 5 heteroatoms. The fourth-order valence-corrected chi connectivity index (χ4v) is 2.67. The minimum absolute atomic E-state index is 0.00338. The summed E-state index contributed by atoms with van der Waals surface area (Å²) < 4.78 is 0. The average molecular weight is 297 g/mol. The standard InChI is InChI=1S/C15H25ClN4/c1-15(2,3)12-9-13(16)18-14(17-12)8-11-10-19(4)6-7-20(11)5/h9,11H,6-8,10H2,1-5H3. The van der Waals surface area contributed by atoms with Crippen LogP contribution >= 0.6 is 11.6 Å². The molecule has 2 rings (SSSR count). The molecule has 1 aromatic heterocycles. The van der Waals surface area contributed by atoms with Crippen LogP contribution in [-0.2, 0) is 11.8 Å². The van der Waals surface area contributed by atoms with Crippen molar-refractivity contribution < 1.29 is 0 Å². The van der Waals surface area contributed by atoms with Gasteiger partial charge < -0.3 is 9.80 Å². The number of halogens is 1. The summed E-state index contributed by atoms with van der Waals surface area (Å²) in [7, 11) is 4.34. The van der Waals surface area contributed by atoms with E-state index in [2.05, 4.69) is 49.7 Å². The Bertz CT molecular complexity index is 469. The van der Waals surface area contributed by atoms with E-state index in [4.69, 9.17) is 16.6 Å². The summed E-state index contributed by atoms with van der Waals surface area (Å²) in [5, 5.41) is 0.548. The molecule has 2 heterocycles. The third-order valence-corrected chi connectivity index (χ3v) is 4.10. The van der Waals surface area contributed by atoms with Gasteiger partial charge in [0.2, 0.25) is 0 Å². The maximum atomic E-state index is 6.16. The predicted octanol–water partition coefficient (Wildman–Crippen LogP) is 2.22.